The van der Waals surface area contributed by atoms with E-state index in [-0.39, 0.29) is 5.82 Å². The molecule has 0 fully saturated rings. The average molecular weight is 489 g/mol. The van der Waals surface area contributed by atoms with Crippen LogP contribution in [0, 0.1) is 17.7 Å². The van der Waals surface area contributed by atoms with Crippen LogP contribution >= 0.6 is 0 Å². The molecule has 0 N–H and O–H groups in total. The Balaban J connectivity index is 1.35. The first kappa shape index (κ1) is 26.4. The van der Waals surface area contributed by atoms with Crippen molar-refractivity contribution in [2.45, 2.75) is 65.2 Å². The van der Waals surface area contributed by atoms with Gasteiger partial charge >= 0.3 is 0 Å². The van der Waals surface area contributed by atoms with Gasteiger partial charge in [-0.1, -0.05) is 98.4 Å². The minimum Gasteiger partial charge on any atom is -0.206 e. The molecule has 0 atom stereocenters. The summed E-state index contributed by atoms with van der Waals surface area (Å²) >= 11 is 0. The summed E-state index contributed by atoms with van der Waals surface area (Å²) in [5, 5.41) is 1.56. The minimum atomic E-state index is -0.111. The van der Waals surface area contributed by atoms with Crippen LogP contribution in [0.25, 0.3) is 10.8 Å². The Bertz CT molecular complexity index is 1380. The molecule has 0 aliphatic heterocycles. The zero-order valence-corrected chi connectivity index (χ0v) is 22.2. The molecule has 0 spiro atoms. The lowest BCUT2D eigenvalue weighted by Gasteiger charge is -2.06. The molecular formula is C36H37F. The quantitative estimate of drug-likeness (QED) is 0.118. The van der Waals surface area contributed by atoms with Crippen molar-refractivity contribution in [2.75, 3.05) is 0 Å². The molecule has 0 heterocycles. The summed E-state index contributed by atoms with van der Waals surface area (Å²) in [7, 11) is 0. The summed E-state index contributed by atoms with van der Waals surface area (Å²) in [5.74, 6) is 6.40. The summed E-state index contributed by atoms with van der Waals surface area (Å²) in [6.07, 6.45) is 12.8. The monoisotopic (exact) mass is 488 g/mol. The molecule has 1 heteroatoms. The van der Waals surface area contributed by atoms with E-state index < -0.39 is 0 Å². The second kappa shape index (κ2) is 13.6. The topological polar surface area (TPSA) is 0 Å². The van der Waals surface area contributed by atoms with Crippen molar-refractivity contribution in [1.29, 1.82) is 0 Å². The van der Waals surface area contributed by atoms with E-state index in [2.05, 4.69) is 73.4 Å². The fraction of sp³-hybridized carbons (Fsp3) is 0.278. The average Bonchev–Trinajstić information content (AvgIpc) is 2.93. The molecule has 0 aromatic heterocycles. The van der Waals surface area contributed by atoms with E-state index in [1.807, 2.05) is 43.3 Å². The van der Waals surface area contributed by atoms with Crippen LogP contribution in [-0.2, 0) is 25.7 Å². The number of hydrogen-bond acceptors (Lipinski definition) is 0. The third-order valence-electron chi connectivity index (χ3n) is 6.95. The molecule has 0 saturated carbocycles. The first-order valence-electron chi connectivity index (χ1n) is 13.7. The second-order valence-electron chi connectivity index (χ2n) is 9.80. The van der Waals surface area contributed by atoms with Gasteiger partial charge in [-0.15, -0.1) is 0 Å². The number of unbranched alkanes of at least 4 members (excludes halogenated alkanes) is 2. The Kier molecular flexibility index (Phi) is 9.73. The van der Waals surface area contributed by atoms with E-state index in [9.17, 15) is 4.39 Å². The van der Waals surface area contributed by atoms with E-state index in [4.69, 9.17) is 0 Å². The maximum absolute atomic E-state index is 14.9. The Morgan fingerprint density at radius 2 is 1.30 bits per heavy atom. The van der Waals surface area contributed by atoms with Gasteiger partial charge in [-0.05, 0) is 97.4 Å². The van der Waals surface area contributed by atoms with Crippen molar-refractivity contribution >= 4 is 10.8 Å². The van der Waals surface area contributed by atoms with Crippen LogP contribution in [0.15, 0.2) is 91.0 Å². The Labute approximate surface area is 222 Å². The van der Waals surface area contributed by atoms with Crippen LogP contribution < -0.4 is 0 Å². The molecule has 0 saturated heterocycles. The standard InChI is InChI=1S/C36H37F/c1-3-5-7-9-28-11-13-29(14-12-28)15-16-30-17-19-31(20-18-30)21-22-32-23-26-35-34(27-32)25-24-33(36(35)37)10-8-6-4-2/h4,6,11-14,17-20,23-27H,3,5,7-10,15-16H2,1-2H3/b6-4+. The van der Waals surface area contributed by atoms with E-state index in [0.717, 1.165) is 47.8 Å². The number of allylic oxidation sites excluding steroid dienone is 2. The van der Waals surface area contributed by atoms with Gasteiger partial charge in [0.2, 0.25) is 0 Å². The summed E-state index contributed by atoms with van der Waals surface area (Å²) in [6.45, 7) is 4.24. The van der Waals surface area contributed by atoms with Crippen LogP contribution in [0.3, 0.4) is 0 Å². The highest BCUT2D eigenvalue weighted by Crippen LogP contribution is 2.23. The normalized spacial score (nSPS) is 11.1. The summed E-state index contributed by atoms with van der Waals surface area (Å²) < 4.78 is 14.9. The van der Waals surface area contributed by atoms with E-state index in [0.29, 0.717) is 5.39 Å². The van der Waals surface area contributed by atoms with Crippen LogP contribution in [0.4, 0.5) is 4.39 Å². The maximum atomic E-state index is 14.9. The van der Waals surface area contributed by atoms with Crippen LogP contribution in [0.5, 0.6) is 0 Å². The SMILES string of the molecule is C/C=C/CCc1ccc2cc(C#Cc3ccc(CCc4ccc(CCCCC)cc4)cc3)ccc2c1F. The van der Waals surface area contributed by atoms with Crippen LogP contribution in [-0.4, -0.2) is 0 Å². The highest BCUT2D eigenvalue weighted by molar-refractivity contribution is 5.85. The Morgan fingerprint density at radius 3 is 1.97 bits per heavy atom. The van der Waals surface area contributed by atoms with Gasteiger partial charge < -0.3 is 0 Å². The summed E-state index contributed by atoms with van der Waals surface area (Å²) in [6, 6.07) is 27.3. The number of benzene rings is 4. The summed E-state index contributed by atoms with van der Waals surface area (Å²) in [5.41, 5.74) is 6.82. The number of rotatable bonds is 10. The van der Waals surface area contributed by atoms with Gasteiger partial charge in [-0.3, -0.25) is 0 Å². The largest absolute Gasteiger partial charge is 0.206 e. The van der Waals surface area contributed by atoms with Crippen molar-refractivity contribution in [3.05, 3.63) is 130 Å². The highest BCUT2D eigenvalue weighted by atomic mass is 19.1. The predicted octanol–water partition coefficient (Wildman–Crippen LogP) is 9.41. The second-order valence-corrected chi connectivity index (χ2v) is 9.80. The van der Waals surface area contributed by atoms with E-state index >= 15 is 0 Å². The molecule has 37 heavy (non-hydrogen) atoms. The number of hydrogen-bond donors (Lipinski definition) is 0. The lowest BCUT2D eigenvalue weighted by molar-refractivity contribution is 0.621. The van der Waals surface area contributed by atoms with Crippen molar-refractivity contribution in [3.63, 3.8) is 0 Å². The van der Waals surface area contributed by atoms with Crippen molar-refractivity contribution < 1.29 is 4.39 Å². The molecule has 0 amide bonds. The molecule has 0 bridgehead atoms. The zero-order valence-electron chi connectivity index (χ0n) is 22.2. The fourth-order valence-electron chi connectivity index (χ4n) is 4.65. The van der Waals surface area contributed by atoms with E-state index in [1.54, 1.807) is 0 Å². The molecule has 0 aliphatic rings. The molecule has 4 rings (SSSR count). The van der Waals surface area contributed by atoms with Gasteiger partial charge in [0.25, 0.3) is 0 Å². The Hall–Kier alpha value is -3.63. The fourth-order valence-corrected chi connectivity index (χ4v) is 4.65. The van der Waals surface area contributed by atoms with Crippen molar-refractivity contribution in [2.24, 2.45) is 0 Å². The van der Waals surface area contributed by atoms with Crippen molar-refractivity contribution in [1.82, 2.24) is 0 Å². The van der Waals surface area contributed by atoms with Gasteiger partial charge in [0.05, 0.1) is 0 Å². The molecule has 0 unspecified atom stereocenters. The minimum absolute atomic E-state index is 0.111. The van der Waals surface area contributed by atoms with Gasteiger partial charge in [-0.25, -0.2) is 4.39 Å². The lowest BCUT2D eigenvalue weighted by atomic mass is 10.00. The molecule has 0 radical (unpaired) electrons. The van der Waals surface area contributed by atoms with Crippen molar-refractivity contribution in [3.8, 4) is 11.8 Å². The molecule has 188 valence electrons. The number of aryl methyl sites for hydroxylation is 4. The molecule has 4 aromatic rings. The molecule has 4 aromatic carbocycles. The summed E-state index contributed by atoms with van der Waals surface area (Å²) in [4.78, 5) is 0. The Morgan fingerprint density at radius 1 is 0.676 bits per heavy atom. The number of fused-ring (bicyclic) bond motifs is 1. The molecule has 0 nitrogen and oxygen atoms in total. The first-order chi connectivity index (χ1) is 18.2. The maximum Gasteiger partial charge on any atom is 0.134 e. The van der Waals surface area contributed by atoms with Gasteiger partial charge in [0.15, 0.2) is 0 Å². The molecule has 0 aliphatic carbocycles. The van der Waals surface area contributed by atoms with Crippen LogP contribution in [0.1, 0.15) is 72.9 Å². The van der Waals surface area contributed by atoms with Gasteiger partial charge in [0, 0.05) is 16.5 Å². The van der Waals surface area contributed by atoms with E-state index in [1.165, 1.54) is 42.4 Å². The zero-order chi connectivity index (χ0) is 25.9. The predicted molar refractivity (Wildman–Crippen MR) is 157 cm³/mol. The van der Waals surface area contributed by atoms with Gasteiger partial charge in [0.1, 0.15) is 5.82 Å². The first-order valence-corrected chi connectivity index (χ1v) is 13.7. The third kappa shape index (κ3) is 7.68. The smallest absolute Gasteiger partial charge is 0.134 e. The lowest BCUT2D eigenvalue weighted by Crippen LogP contribution is -1.93. The van der Waals surface area contributed by atoms with Gasteiger partial charge in [-0.2, -0.15) is 0 Å². The number of halogens is 1. The molecular weight excluding hydrogens is 451 g/mol. The third-order valence-corrected chi connectivity index (χ3v) is 6.95. The highest BCUT2D eigenvalue weighted by Gasteiger charge is 2.07. The van der Waals surface area contributed by atoms with Crippen LogP contribution in [0.2, 0.25) is 0 Å².